The molecule has 0 bridgehead atoms. The van der Waals surface area contributed by atoms with Crippen LogP contribution in [0.15, 0.2) is 36.7 Å². The Morgan fingerprint density at radius 3 is 2.25 bits per heavy atom. The van der Waals surface area contributed by atoms with Crippen molar-refractivity contribution in [1.82, 2.24) is 9.97 Å². The van der Waals surface area contributed by atoms with Gasteiger partial charge < -0.3 is 18.9 Å². The SMILES string of the molecule is CCC(C)c1ccccc1OC1CCN(c2ncc(B3OC(C)(C)C(C)(C)O3)cn2)CC1. The lowest BCUT2D eigenvalue weighted by Crippen LogP contribution is -2.41. The molecule has 0 N–H and O–H groups in total. The number of para-hydroxylation sites is 1. The van der Waals surface area contributed by atoms with Gasteiger partial charge in [-0.25, -0.2) is 9.97 Å². The second kappa shape index (κ2) is 9.03. The summed E-state index contributed by atoms with van der Waals surface area (Å²) in [5.74, 6) is 2.29. The van der Waals surface area contributed by atoms with Crippen LogP contribution < -0.4 is 15.1 Å². The van der Waals surface area contributed by atoms with E-state index in [4.69, 9.17) is 14.0 Å². The summed E-state index contributed by atoms with van der Waals surface area (Å²) in [6, 6.07) is 8.45. The maximum absolute atomic E-state index is 6.42. The van der Waals surface area contributed by atoms with Crippen LogP contribution in [0.3, 0.4) is 0 Å². The Balaban J connectivity index is 1.34. The Hall–Kier alpha value is -2.12. The second-order valence-corrected chi connectivity index (χ2v) is 10.1. The molecule has 0 amide bonds. The number of hydrogen-bond donors (Lipinski definition) is 0. The van der Waals surface area contributed by atoms with Crippen molar-refractivity contribution < 1.29 is 14.0 Å². The standard InChI is InChI=1S/C25H36BN3O3/c1-7-18(2)21-10-8-9-11-22(21)30-20-12-14-29(15-13-20)23-27-16-19(17-28-23)26-31-24(3,4)25(5,6)32-26/h8-11,16-18,20H,7,12-15H2,1-6H3. The van der Waals surface area contributed by atoms with Gasteiger partial charge in [-0.2, -0.15) is 0 Å². The predicted molar refractivity (Wildman–Crippen MR) is 129 cm³/mol. The van der Waals surface area contributed by atoms with Crippen LogP contribution in [0.1, 0.15) is 72.3 Å². The normalized spacial score (nSPS) is 21.6. The summed E-state index contributed by atoms with van der Waals surface area (Å²) in [6.45, 7) is 14.4. The molecule has 1 aromatic carbocycles. The Morgan fingerprint density at radius 1 is 1.06 bits per heavy atom. The highest BCUT2D eigenvalue weighted by Gasteiger charge is 2.52. The van der Waals surface area contributed by atoms with E-state index in [1.807, 2.05) is 12.4 Å². The number of nitrogens with zero attached hydrogens (tertiary/aromatic N) is 3. The largest absolute Gasteiger partial charge is 0.498 e. The molecular weight excluding hydrogens is 401 g/mol. The average Bonchev–Trinajstić information content (AvgIpc) is 3.01. The van der Waals surface area contributed by atoms with Crippen molar-refractivity contribution in [3.05, 3.63) is 42.2 Å². The molecule has 0 spiro atoms. The predicted octanol–water partition coefficient (Wildman–Crippen LogP) is 4.34. The summed E-state index contributed by atoms with van der Waals surface area (Å²) in [5, 5.41) is 0. The smallest absolute Gasteiger partial charge is 0.490 e. The molecule has 0 saturated carbocycles. The van der Waals surface area contributed by atoms with Gasteiger partial charge in [0.2, 0.25) is 5.95 Å². The maximum Gasteiger partial charge on any atom is 0.498 e. The molecule has 0 aliphatic carbocycles. The number of benzene rings is 1. The molecule has 7 heteroatoms. The lowest BCUT2D eigenvalue weighted by molar-refractivity contribution is 0.00578. The summed E-state index contributed by atoms with van der Waals surface area (Å²) in [7, 11) is -0.432. The Bertz CT molecular complexity index is 895. The van der Waals surface area contributed by atoms with Crippen molar-refractivity contribution in [2.24, 2.45) is 0 Å². The van der Waals surface area contributed by atoms with Crippen LogP contribution in [-0.4, -0.2) is 47.5 Å². The fraction of sp³-hybridized carbons (Fsp3) is 0.600. The van der Waals surface area contributed by atoms with E-state index < -0.39 is 7.12 Å². The quantitative estimate of drug-likeness (QED) is 0.627. The fourth-order valence-corrected chi connectivity index (χ4v) is 4.16. The van der Waals surface area contributed by atoms with Crippen molar-refractivity contribution in [3.63, 3.8) is 0 Å². The van der Waals surface area contributed by atoms with E-state index in [0.29, 0.717) is 5.92 Å². The lowest BCUT2D eigenvalue weighted by atomic mass is 9.81. The van der Waals surface area contributed by atoms with E-state index >= 15 is 0 Å². The van der Waals surface area contributed by atoms with Crippen molar-refractivity contribution in [3.8, 4) is 5.75 Å². The van der Waals surface area contributed by atoms with Gasteiger partial charge in [0.25, 0.3) is 0 Å². The Labute approximate surface area is 192 Å². The zero-order chi connectivity index (χ0) is 22.9. The zero-order valence-corrected chi connectivity index (χ0v) is 20.3. The van der Waals surface area contributed by atoms with Gasteiger partial charge in [-0.05, 0) is 51.7 Å². The van der Waals surface area contributed by atoms with Crippen LogP contribution in [0.25, 0.3) is 0 Å². The molecule has 2 fully saturated rings. The maximum atomic E-state index is 6.42. The van der Waals surface area contributed by atoms with Gasteiger partial charge in [-0.3, -0.25) is 0 Å². The van der Waals surface area contributed by atoms with Crippen LogP contribution in [0.2, 0.25) is 0 Å². The van der Waals surface area contributed by atoms with Gasteiger partial charge >= 0.3 is 7.12 Å². The van der Waals surface area contributed by atoms with Crippen LogP contribution in [0.4, 0.5) is 5.95 Å². The second-order valence-electron chi connectivity index (χ2n) is 10.1. The van der Waals surface area contributed by atoms with E-state index in [0.717, 1.165) is 49.5 Å². The molecular formula is C25H36BN3O3. The van der Waals surface area contributed by atoms with Gasteiger partial charge in [0.15, 0.2) is 0 Å². The van der Waals surface area contributed by atoms with Gasteiger partial charge in [-0.15, -0.1) is 0 Å². The molecule has 2 saturated heterocycles. The molecule has 1 unspecified atom stereocenters. The van der Waals surface area contributed by atoms with Crippen LogP contribution in [0, 0.1) is 0 Å². The van der Waals surface area contributed by atoms with E-state index in [2.05, 4.69) is 80.7 Å². The van der Waals surface area contributed by atoms with Gasteiger partial charge in [0.05, 0.1) is 11.2 Å². The van der Waals surface area contributed by atoms with Crippen LogP contribution >= 0.6 is 0 Å². The highest BCUT2D eigenvalue weighted by Crippen LogP contribution is 2.36. The molecule has 172 valence electrons. The summed E-state index contributed by atoms with van der Waals surface area (Å²) in [6.07, 6.45) is 6.90. The number of hydrogen-bond acceptors (Lipinski definition) is 6. The Kier molecular flexibility index (Phi) is 6.50. The third-order valence-electron chi connectivity index (χ3n) is 7.26. The number of piperidine rings is 1. The first-order valence-electron chi connectivity index (χ1n) is 11.9. The molecule has 2 aromatic rings. The van der Waals surface area contributed by atoms with E-state index in [1.54, 1.807) is 0 Å². The molecule has 2 aliphatic heterocycles. The molecule has 32 heavy (non-hydrogen) atoms. The number of ether oxygens (including phenoxy) is 1. The van der Waals surface area contributed by atoms with E-state index in [9.17, 15) is 0 Å². The first-order valence-corrected chi connectivity index (χ1v) is 11.9. The van der Waals surface area contributed by atoms with Crippen molar-refractivity contribution >= 4 is 18.5 Å². The fourth-order valence-electron chi connectivity index (χ4n) is 4.16. The molecule has 2 aliphatic rings. The van der Waals surface area contributed by atoms with Crippen LogP contribution in [0.5, 0.6) is 5.75 Å². The number of aromatic nitrogens is 2. The van der Waals surface area contributed by atoms with Gasteiger partial charge in [0, 0.05) is 43.8 Å². The zero-order valence-electron chi connectivity index (χ0n) is 20.3. The third-order valence-corrected chi connectivity index (χ3v) is 7.26. The minimum Gasteiger partial charge on any atom is -0.490 e. The van der Waals surface area contributed by atoms with Crippen LogP contribution in [-0.2, 0) is 9.31 Å². The van der Waals surface area contributed by atoms with Crippen molar-refractivity contribution in [1.29, 1.82) is 0 Å². The highest BCUT2D eigenvalue weighted by atomic mass is 16.7. The topological polar surface area (TPSA) is 56.7 Å². The monoisotopic (exact) mass is 437 g/mol. The minimum atomic E-state index is -0.432. The summed E-state index contributed by atoms with van der Waals surface area (Å²) in [4.78, 5) is 11.5. The first kappa shape index (κ1) is 23.1. The molecule has 6 nitrogen and oxygen atoms in total. The molecule has 1 aromatic heterocycles. The molecule has 1 atom stereocenters. The molecule has 0 radical (unpaired) electrons. The molecule has 4 rings (SSSR count). The minimum absolute atomic E-state index is 0.223. The first-order chi connectivity index (χ1) is 15.2. The van der Waals surface area contributed by atoms with Crippen molar-refractivity contribution in [2.45, 2.75) is 84.0 Å². The highest BCUT2D eigenvalue weighted by molar-refractivity contribution is 6.61. The summed E-state index contributed by atoms with van der Waals surface area (Å²) >= 11 is 0. The average molecular weight is 437 g/mol. The van der Waals surface area contributed by atoms with Crippen molar-refractivity contribution in [2.75, 3.05) is 18.0 Å². The summed E-state index contributed by atoms with van der Waals surface area (Å²) in [5.41, 5.74) is 1.42. The van der Waals surface area contributed by atoms with E-state index in [-0.39, 0.29) is 17.3 Å². The summed E-state index contributed by atoms with van der Waals surface area (Å²) < 4.78 is 18.6. The van der Waals surface area contributed by atoms with Gasteiger partial charge in [-0.1, -0.05) is 32.0 Å². The Morgan fingerprint density at radius 2 is 1.66 bits per heavy atom. The number of anilines is 1. The lowest BCUT2D eigenvalue weighted by Gasteiger charge is -2.32. The van der Waals surface area contributed by atoms with E-state index in [1.165, 1.54) is 5.56 Å². The number of rotatable bonds is 6. The molecule has 3 heterocycles. The van der Waals surface area contributed by atoms with Gasteiger partial charge in [0.1, 0.15) is 11.9 Å². The third kappa shape index (κ3) is 4.64.